The number of carboxylic acids is 1. The van der Waals surface area contributed by atoms with E-state index >= 15 is 0 Å². The number of Topliss-reactive ketones (excluding diaryl/α,β-unsaturated/α-hetero) is 1. The minimum atomic E-state index is -0.918. The fourth-order valence-electron chi connectivity index (χ4n) is 3.38. The summed E-state index contributed by atoms with van der Waals surface area (Å²) in [4.78, 5) is 37.2. The van der Waals surface area contributed by atoms with Gasteiger partial charge in [0, 0.05) is 25.1 Å². The molecule has 1 aliphatic heterocycles. The second-order valence-corrected chi connectivity index (χ2v) is 6.90. The quantitative estimate of drug-likeness (QED) is 0.588. The Morgan fingerprint density at radius 3 is 2.68 bits per heavy atom. The van der Waals surface area contributed by atoms with Gasteiger partial charge in [0.05, 0.1) is 12.5 Å². The Morgan fingerprint density at radius 1 is 1.14 bits per heavy atom. The SMILES string of the molecule is CC(=O)c1cccc(OCCCC(=O)N2Cc3ccccc3C(C(=O)O)C2)c1. The van der Waals surface area contributed by atoms with Crippen LogP contribution in [0.2, 0.25) is 0 Å². The highest BCUT2D eigenvalue weighted by Gasteiger charge is 2.32. The first kappa shape index (κ1) is 19.6. The summed E-state index contributed by atoms with van der Waals surface area (Å²) in [5.41, 5.74) is 2.25. The molecule has 1 unspecified atom stereocenters. The molecule has 1 N–H and O–H groups in total. The van der Waals surface area contributed by atoms with Crippen LogP contribution in [0.4, 0.5) is 0 Å². The van der Waals surface area contributed by atoms with E-state index in [0.717, 1.165) is 11.1 Å². The molecule has 2 aromatic rings. The number of ether oxygens (including phenoxy) is 1. The number of carbonyl (C=O) groups is 3. The molecule has 0 saturated carbocycles. The Labute approximate surface area is 163 Å². The molecule has 0 saturated heterocycles. The highest BCUT2D eigenvalue weighted by Crippen LogP contribution is 2.29. The third-order valence-corrected chi connectivity index (χ3v) is 4.89. The van der Waals surface area contributed by atoms with Crippen LogP contribution >= 0.6 is 0 Å². The normalized spacial score (nSPS) is 15.6. The molecule has 3 rings (SSSR count). The van der Waals surface area contributed by atoms with Crippen LogP contribution in [0.1, 0.15) is 47.2 Å². The van der Waals surface area contributed by atoms with Gasteiger partial charge in [0.2, 0.25) is 5.91 Å². The number of fused-ring (bicyclic) bond motifs is 1. The van der Waals surface area contributed by atoms with Crippen LogP contribution in [0.5, 0.6) is 5.75 Å². The maximum atomic E-state index is 12.6. The van der Waals surface area contributed by atoms with Crippen molar-refractivity contribution in [1.82, 2.24) is 4.90 Å². The van der Waals surface area contributed by atoms with Crippen LogP contribution in [0.3, 0.4) is 0 Å². The minimum Gasteiger partial charge on any atom is -0.494 e. The number of hydrogen-bond acceptors (Lipinski definition) is 4. The molecule has 0 aliphatic carbocycles. The van der Waals surface area contributed by atoms with Crippen LogP contribution in [0, 0.1) is 0 Å². The van der Waals surface area contributed by atoms with E-state index in [4.69, 9.17) is 4.74 Å². The van der Waals surface area contributed by atoms with Crippen LogP contribution in [-0.2, 0) is 16.1 Å². The van der Waals surface area contributed by atoms with E-state index in [2.05, 4.69) is 0 Å². The van der Waals surface area contributed by atoms with E-state index in [1.54, 1.807) is 29.2 Å². The highest BCUT2D eigenvalue weighted by atomic mass is 16.5. The first-order chi connectivity index (χ1) is 13.5. The average molecular weight is 381 g/mol. The van der Waals surface area contributed by atoms with E-state index in [1.807, 2.05) is 24.3 Å². The molecule has 28 heavy (non-hydrogen) atoms. The van der Waals surface area contributed by atoms with Crippen LogP contribution in [0.25, 0.3) is 0 Å². The largest absolute Gasteiger partial charge is 0.494 e. The van der Waals surface area contributed by atoms with E-state index in [0.29, 0.717) is 30.9 Å². The van der Waals surface area contributed by atoms with Gasteiger partial charge in [-0.3, -0.25) is 14.4 Å². The van der Waals surface area contributed by atoms with Gasteiger partial charge >= 0.3 is 5.97 Å². The van der Waals surface area contributed by atoms with Crippen molar-refractivity contribution in [2.45, 2.75) is 32.2 Å². The van der Waals surface area contributed by atoms with Gasteiger partial charge in [-0.1, -0.05) is 36.4 Å². The summed E-state index contributed by atoms with van der Waals surface area (Å²) in [5.74, 6) is -1.13. The van der Waals surface area contributed by atoms with Crippen molar-refractivity contribution in [3.63, 3.8) is 0 Å². The monoisotopic (exact) mass is 381 g/mol. The van der Waals surface area contributed by atoms with Crippen LogP contribution in [-0.4, -0.2) is 40.8 Å². The summed E-state index contributed by atoms with van der Waals surface area (Å²) in [6, 6.07) is 14.3. The predicted molar refractivity (Wildman–Crippen MR) is 103 cm³/mol. The van der Waals surface area contributed by atoms with Crippen LogP contribution in [0.15, 0.2) is 48.5 Å². The molecule has 1 heterocycles. The zero-order valence-electron chi connectivity index (χ0n) is 15.8. The lowest BCUT2D eigenvalue weighted by Crippen LogP contribution is -2.40. The third kappa shape index (κ3) is 4.57. The fraction of sp³-hybridized carbons (Fsp3) is 0.318. The molecule has 0 radical (unpaired) electrons. The Hall–Kier alpha value is -3.15. The van der Waals surface area contributed by atoms with E-state index in [9.17, 15) is 19.5 Å². The summed E-state index contributed by atoms with van der Waals surface area (Å²) >= 11 is 0. The summed E-state index contributed by atoms with van der Waals surface area (Å²) in [6.07, 6.45) is 0.792. The minimum absolute atomic E-state index is 0.0287. The molecular weight excluding hydrogens is 358 g/mol. The van der Waals surface area contributed by atoms with E-state index < -0.39 is 11.9 Å². The average Bonchev–Trinajstić information content (AvgIpc) is 2.70. The number of benzene rings is 2. The third-order valence-electron chi connectivity index (χ3n) is 4.89. The molecule has 1 aliphatic rings. The van der Waals surface area contributed by atoms with Crippen molar-refractivity contribution in [3.8, 4) is 5.75 Å². The molecule has 1 atom stereocenters. The number of ketones is 1. The second kappa shape index (κ2) is 8.69. The Morgan fingerprint density at radius 2 is 1.93 bits per heavy atom. The summed E-state index contributed by atoms with van der Waals surface area (Å²) < 4.78 is 5.63. The highest BCUT2D eigenvalue weighted by molar-refractivity contribution is 5.94. The van der Waals surface area contributed by atoms with Crippen molar-refractivity contribution in [2.75, 3.05) is 13.2 Å². The van der Waals surface area contributed by atoms with Crippen molar-refractivity contribution < 1.29 is 24.2 Å². The van der Waals surface area contributed by atoms with Gasteiger partial charge in [-0.2, -0.15) is 0 Å². The number of rotatable bonds is 7. The van der Waals surface area contributed by atoms with Gasteiger partial charge in [0.25, 0.3) is 0 Å². The Balaban J connectivity index is 1.53. The first-order valence-electron chi connectivity index (χ1n) is 9.28. The van der Waals surface area contributed by atoms with Crippen molar-refractivity contribution in [2.24, 2.45) is 0 Å². The molecule has 0 bridgehead atoms. The van der Waals surface area contributed by atoms with Crippen molar-refractivity contribution in [3.05, 3.63) is 65.2 Å². The van der Waals surface area contributed by atoms with Gasteiger partial charge in [-0.15, -0.1) is 0 Å². The molecule has 6 nitrogen and oxygen atoms in total. The second-order valence-electron chi connectivity index (χ2n) is 6.90. The predicted octanol–water partition coefficient (Wildman–Crippen LogP) is 3.26. The summed E-state index contributed by atoms with van der Waals surface area (Å²) in [6.45, 7) is 2.46. The summed E-state index contributed by atoms with van der Waals surface area (Å²) in [5, 5.41) is 9.50. The number of carboxylic acid groups (broad SMARTS) is 1. The van der Waals surface area contributed by atoms with E-state index in [1.165, 1.54) is 6.92 Å². The lowest BCUT2D eigenvalue weighted by atomic mass is 9.89. The molecule has 0 aromatic heterocycles. The van der Waals surface area contributed by atoms with Crippen LogP contribution < -0.4 is 4.74 Å². The van der Waals surface area contributed by atoms with Crippen molar-refractivity contribution >= 4 is 17.7 Å². The standard InChI is InChI=1S/C22H23NO5/c1-15(24)16-7-4-8-18(12-16)28-11-5-10-21(25)23-13-17-6-2-3-9-19(17)20(14-23)22(26)27/h2-4,6-9,12,20H,5,10-11,13-14H2,1H3,(H,26,27). The van der Waals surface area contributed by atoms with Gasteiger partial charge < -0.3 is 14.7 Å². The first-order valence-corrected chi connectivity index (χ1v) is 9.28. The number of aliphatic carboxylic acids is 1. The molecule has 0 fully saturated rings. The number of nitrogens with zero attached hydrogens (tertiary/aromatic N) is 1. The molecular formula is C22H23NO5. The number of amides is 1. The summed E-state index contributed by atoms with van der Waals surface area (Å²) in [7, 11) is 0. The van der Waals surface area contributed by atoms with E-state index in [-0.39, 0.29) is 24.7 Å². The lowest BCUT2D eigenvalue weighted by Gasteiger charge is -2.33. The molecule has 146 valence electrons. The molecule has 6 heteroatoms. The maximum absolute atomic E-state index is 12.6. The van der Waals surface area contributed by atoms with Crippen molar-refractivity contribution in [1.29, 1.82) is 0 Å². The van der Waals surface area contributed by atoms with Gasteiger partial charge in [0.15, 0.2) is 5.78 Å². The Bertz CT molecular complexity index is 892. The Kier molecular flexibility index (Phi) is 6.09. The fourth-order valence-corrected chi connectivity index (χ4v) is 3.38. The smallest absolute Gasteiger partial charge is 0.312 e. The topological polar surface area (TPSA) is 83.9 Å². The van der Waals surface area contributed by atoms with Gasteiger partial charge in [-0.25, -0.2) is 0 Å². The molecule has 0 spiro atoms. The molecule has 2 aromatic carbocycles. The van der Waals surface area contributed by atoms with Gasteiger partial charge in [0.1, 0.15) is 5.75 Å². The zero-order valence-corrected chi connectivity index (χ0v) is 15.8. The number of hydrogen-bond donors (Lipinski definition) is 1. The van der Waals surface area contributed by atoms with Gasteiger partial charge in [-0.05, 0) is 36.6 Å². The number of carbonyl (C=O) groups excluding carboxylic acids is 2. The lowest BCUT2D eigenvalue weighted by molar-refractivity contribution is -0.141. The zero-order chi connectivity index (χ0) is 20.1. The molecule has 1 amide bonds. The maximum Gasteiger partial charge on any atom is 0.312 e.